The van der Waals surface area contributed by atoms with Gasteiger partial charge in [0.1, 0.15) is 12.4 Å². The van der Waals surface area contributed by atoms with Gasteiger partial charge in [0.25, 0.3) is 0 Å². The molecule has 136 valence electrons. The lowest BCUT2D eigenvalue weighted by atomic mass is 10.1. The van der Waals surface area contributed by atoms with Crippen molar-refractivity contribution in [3.05, 3.63) is 71.3 Å². The number of rotatable bonds is 6. The van der Waals surface area contributed by atoms with Gasteiger partial charge in [-0.1, -0.05) is 54.6 Å². The van der Waals surface area contributed by atoms with E-state index in [1.807, 2.05) is 30.3 Å². The zero-order valence-electron chi connectivity index (χ0n) is 14.5. The highest BCUT2D eigenvalue weighted by molar-refractivity contribution is 6.04. The maximum atomic E-state index is 11.8. The number of hydrogen-bond acceptors (Lipinski definition) is 5. The van der Waals surface area contributed by atoms with Crippen molar-refractivity contribution in [2.75, 3.05) is 0 Å². The van der Waals surface area contributed by atoms with E-state index >= 15 is 0 Å². The van der Waals surface area contributed by atoms with Crippen molar-refractivity contribution in [1.82, 2.24) is 10.6 Å². The number of alkyl carbamates (subject to hydrolysis) is 1. The minimum absolute atomic E-state index is 0.0609. The van der Waals surface area contributed by atoms with E-state index in [1.165, 1.54) is 0 Å². The number of ether oxygens (including phenoxy) is 1. The summed E-state index contributed by atoms with van der Waals surface area (Å²) in [6.45, 7) is 2.10. The molecule has 0 fully saturated rings. The highest BCUT2D eigenvalue weighted by atomic mass is 16.5. The number of carbonyl (C=O) groups excluding carboxylic acids is 2. The highest BCUT2D eigenvalue weighted by Gasteiger charge is 2.09. The van der Waals surface area contributed by atoms with E-state index in [-0.39, 0.29) is 18.3 Å². The normalized spacial score (nSPS) is 11.3. The molecule has 2 aromatic rings. The smallest absolute Gasteiger partial charge is 0.413 e. The van der Waals surface area contributed by atoms with Gasteiger partial charge in [0.05, 0.1) is 6.04 Å². The third kappa shape index (κ3) is 6.03. The molecular formula is C19H22N4O3. The predicted octanol–water partition coefficient (Wildman–Crippen LogP) is 1.90. The third-order valence-corrected chi connectivity index (χ3v) is 3.56. The van der Waals surface area contributed by atoms with Crippen LogP contribution in [0.2, 0.25) is 0 Å². The number of nitrogens with one attached hydrogen (secondary N) is 3. The Morgan fingerprint density at radius 2 is 1.73 bits per heavy atom. The van der Waals surface area contributed by atoms with Crippen LogP contribution in [-0.2, 0) is 22.7 Å². The number of hydrogen-bond donors (Lipinski definition) is 4. The van der Waals surface area contributed by atoms with Gasteiger partial charge in [0, 0.05) is 12.1 Å². The maximum Gasteiger partial charge on any atom is 0.413 e. The van der Waals surface area contributed by atoms with Crippen LogP contribution < -0.4 is 16.4 Å². The number of amides is 2. The molecule has 0 aliphatic carbocycles. The van der Waals surface area contributed by atoms with Crippen LogP contribution in [0.25, 0.3) is 0 Å². The first-order valence-electron chi connectivity index (χ1n) is 8.14. The second-order valence-electron chi connectivity index (χ2n) is 5.77. The van der Waals surface area contributed by atoms with Crippen molar-refractivity contribution < 1.29 is 14.3 Å². The summed E-state index contributed by atoms with van der Waals surface area (Å²) in [6, 6.07) is 15.6. The molecule has 0 aliphatic rings. The lowest BCUT2D eigenvalue weighted by Crippen LogP contribution is -2.37. The molecule has 0 radical (unpaired) electrons. The van der Waals surface area contributed by atoms with Crippen molar-refractivity contribution in [3.63, 3.8) is 0 Å². The van der Waals surface area contributed by atoms with Crippen LogP contribution in [0.4, 0.5) is 4.79 Å². The van der Waals surface area contributed by atoms with E-state index in [1.54, 1.807) is 31.2 Å². The Balaban J connectivity index is 1.81. The fourth-order valence-corrected chi connectivity index (χ4v) is 2.07. The Morgan fingerprint density at radius 1 is 1.08 bits per heavy atom. The van der Waals surface area contributed by atoms with Gasteiger partial charge < -0.3 is 15.8 Å². The van der Waals surface area contributed by atoms with E-state index in [2.05, 4.69) is 10.6 Å². The van der Waals surface area contributed by atoms with Crippen molar-refractivity contribution in [1.29, 1.82) is 5.41 Å². The van der Waals surface area contributed by atoms with Gasteiger partial charge >= 0.3 is 6.09 Å². The first-order valence-corrected chi connectivity index (χ1v) is 8.14. The van der Waals surface area contributed by atoms with E-state index in [0.717, 1.165) is 11.1 Å². The first-order chi connectivity index (χ1) is 12.5. The molecule has 0 unspecified atom stereocenters. The topological polar surface area (TPSA) is 117 Å². The quantitative estimate of drug-likeness (QED) is 0.468. The van der Waals surface area contributed by atoms with Gasteiger partial charge in [-0.15, -0.1) is 0 Å². The molecule has 7 heteroatoms. The molecule has 0 heterocycles. The summed E-state index contributed by atoms with van der Waals surface area (Å²) in [5.74, 6) is -0.293. The summed E-state index contributed by atoms with van der Waals surface area (Å²) >= 11 is 0. The number of benzene rings is 2. The number of carbonyl (C=O) groups is 2. The summed E-state index contributed by atoms with van der Waals surface area (Å²) < 4.78 is 5.08. The largest absolute Gasteiger partial charge is 0.444 e. The highest BCUT2D eigenvalue weighted by Crippen LogP contribution is 2.05. The van der Waals surface area contributed by atoms with Gasteiger partial charge in [0.2, 0.25) is 5.91 Å². The molecule has 0 aromatic heterocycles. The summed E-state index contributed by atoms with van der Waals surface area (Å²) in [5.41, 5.74) is 7.74. The van der Waals surface area contributed by atoms with E-state index in [0.29, 0.717) is 12.1 Å². The summed E-state index contributed by atoms with van der Waals surface area (Å²) in [5, 5.41) is 13.0. The van der Waals surface area contributed by atoms with Gasteiger partial charge in [0.15, 0.2) is 0 Å². The lowest BCUT2D eigenvalue weighted by Gasteiger charge is -2.10. The molecule has 0 saturated heterocycles. The average molecular weight is 354 g/mol. The number of nitrogens with two attached hydrogens (primary N) is 1. The Kier molecular flexibility index (Phi) is 6.87. The predicted molar refractivity (Wildman–Crippen MR) is 98.5 cm³/mol. The molecular weight excluding hydrogens is 332 g/mol. The average Bonchev–Trinajstić information content (AvgIpc) is 2.65. The van der Waals surface area contributed by atoms with Gasteiger partial charge in [-0.3, -0.25) is 15.5 Å². The Hall–Kier alpha value is -3.19. The molecule has 0 spiro atoms. The van der Waals surface area contributed by atoms with E-state index in [4.69, 9.17) is 15.9 Å². The molecule has 26 heavy (non-hydrogen) atoms. The minimum Gasteiger partial charge on any atom is -0.444 e. The van der Waals surface area contributed by atoms with Crippen LogP contribution in [0.5, 0.6) is 0 Å². The van der Waals surface area contributed by atoms with Crippen LogP contribution in [0.1, 0.15) is 23.6 Å². The molecule has 0 bridgehead atoms. The third-order valence-electron chi connectivity index (χ3n) is 3.56. The monoisotopic (exact) mass is 354 g/mol. The molecule has 0 saturated carbocycles. The maximum absolute atomic E-state index is 11.8. The van der Waals surface area contributed by atoms with E-state index < -0.39 is 12.1 Å². The first kappa shape index (κ1) is 19.1. The van der Waals surface area contributed by atoms with E-state index in [9.17, 15) is 9.59 Å². The fourth-order valence-electron chi connectivity index (χ4n) is 2.07. The Labute approximate surface area is 152 Å². The van der Waals surface area contributed by atoms with Crippen molar-refractivity contribution in [3.8, 4) is 0 Å². The van der Waals surface area contributed by atoms with Gasteiger partial charge in [-0.05, 0) is 18.1 Å². The zero-order chi connectivity index (χ0) is 18.9. The SMILES string of the molecule is C[C@H](N)C(=O)NCc1ccc(C(=N)NC(=O)OCc2ccccc2)cc1. The van der Waals surface area contributed by atoms with Gasteiger partial charge in [-0.25, -0.2) is 4.79 Å². The second-order valence-corrected chi connectivity index (χ2v) is 5.77. The second kappa shape index (κ2) is 9.33. The van der Waals surface area contributed by atoms with Crippen LogP contribution in [0, 0.1) is 5.41 Å². The summed E-state index contributed by atoms with van der Waals surface area (Å²) in [4.78, 5) is 23.2. The van der Waals surface area contributed by atoms with Crippen LogP contribution >= 0.6 is 0 Å². The van der Waals surface area contributed by atoms with Crippen LogP contribution in [-0.4, -0.2) is 23.9 Å². The molecule has 0 aliphatic heterocycles. The molecule has 7 nitrogen and oxygen atoms in total. The summed E-state index contributed by atoms with van der Waals surface area (Å²) in [6.07, 6.45) is -0.688. The molecule has 2 aromatic carbocycles. The lowest BCUT2D eigenvalue weighted by molar-refractivity contribution is -0.122. The fraction of sp³-hybridized carbons (Fsp3) is 0.211. The molecule has 2 rings (SSSR count). The Morgan fingerprint density at radius 3 is 2.35 bits per heavy atom. The molecule has 2 amide bonds. The van der Waals surface area contributed by atoms with Gasteiger partial charge in [-0.2, -0.15) is 0 Å². The van der Waals surface area contributed by atoms with Crippen molar-refractivity contribution in [2.24, 2.45) is 5.73 Å². The Bertz CT molecular complexity index is 758. The van der Waals surface area contributed by atoms with Crippen molar-refractivity contribution in [2.45, 2.75) is 26.1 Å². The number of amidine groups is 1. The van der Waals surface area contributed by atoms with Crippen molar-refractivity contribution >= 4 is 17.8 Å². The van der Waals surface area contributed by atoms with Crippen LogP contribution in [0.15, 0.2) is 54.6 Å². The van der Waals surface area contributed by atoms with Crippen LogP contribution in [0.3, 0.4) is 0 Å². The minimum atomic E-state index is -0.688. The standard InChI is InChI=1S/C19H22N4O3/c1-13(20)18(24)22-11-14-7-9-16(10-8-14)17(21)23-19(25)26-12-15-5-3-2-4-6-15/h2-10,13H,11-12,20H2,1H3,(H,22,24)(H2,21,23,25)/t13-/m0/s1. The molecule has 1 atom stereocenters. The molecule has 5 N–H and O–H groups in total. The zero-order valence-corrected chi connectivity index (χ0v) is 14.5. The summed E-state index contributed by atoms with van der Waals surface area (Å²) in [7, 11) is 0.